The molecule has 2 nitrogen and oxygen atoms in total. The summed E-state index contributed by atoms with van der Waals surface area (Å²) in [5.41, 5.74) is -0.247. The van der Waals surface area contributed by atoms with Gasteiger partial charge >= 0.3 is 0 Å². The zero-order valence-electron chi connectivity index (χ0n) is 8.51. The van der Waals surface area contributed by atoms with Crippen LogP contribution in [-0.2, 0) is 0 Å². The predicted molar refractivity (Wildman–Crippen MR) is 54.1 cm³/mol. The van der Waals surface area contributed by atoms with Gasteiger partial charge < -0.3 is 0 Å². The SMILES string of the molecule is C=CCNC1(C#N)CC(C(C)C)C1. The molecule has 0 aromatic rings. The number of nitriles is 1. The van der Waals surface area contributed by atoms with Crippen LogP contribution < -0.4 is 5.32 Å². The van der Waals surface area contributed by atoms with E-state index in [0.717, 1.165) is 25.3 Å². The minimum atomic E-state index is -0.247. The number of nitrogens with one attached hydrogen (secondary N) is 1. The fraction of sp³-hybridized carbons (Fsp3) is 0.727. The number of hydrogen-bond acceptors (Lipinski definition) is 2. The lowest BCUT2D eigenvalue weighted by atomic mass is 9.65. The molecule has 0 amide bonds. The van der Waals surface area contributed by atoms with E-state index in [2.05, 4.69) is 31.8 Å². The summed E-state index contributed by atoms with van der Waals surface area (Å²) in [6.45, 7) is 8.82. The first kappa shape index (κ1) is 10.3. The molecule has 72 valence electrons. The standard InChI is InChI=1S/C11H18N2/c1-4-5-13-11(8-12)6-10(7-11)9(2)3/h4,9-10,13H,1,5-7H2,2-3H3. The van der Waals surface area contributed by atoms with Crippen LogP contribution in [0.5, 0.6) is 0 Å². The highest BCUT2D eigenvalue weighted by molar-refractivity contribution is 5.16. The first-order chi connectivity index (χ1) is 6.13. The second kappa shape index (κ2) is 3.93. The molecular formula is C11H18N2. The molecular weight excluding hydrogens is 160 g/mol. The Balaban J connectivity index is 2.41. The molecule has 0 atom stereocenters. The highest BCUT2D eigenvalue weighted by Gasteiger charge is 2.44. The molecule has 0 aromatic heterocycles. The largest absolute Gasteiger partial charge is 0.296 e. The summed E-state index contributed by atoms with van der Waals surface area (Å²) in [6.07, 6.45) is 3.80. The molecule has 1 fully saturated rings. The average molecular weight is 178 g/mol. The Kier molecular flexibility index (Phi) is 3.11. The van der Waals surface area contributed by atoms with Crippen LogP contribution in [0.1, 0.15) is 26.7 Å². The molecule has 13 heavy (non-hydrogen) atoms. The van der Waals surface area contributed by atoms with Gasteiger partial charge in [-0.15, -0.1) is 6.58 Å². The van der Waals surface area contributed by atoms with Crippen molar-refractivity contribution in [3.63, 3.8) is 0 Å². The van der Waals surface area contributed by atoms with Gasteiger partial charge in [-0.1, -0.05) is 19.9 Å². The molecule has 0 aliphatic heterocycles. The highest BCUT2D eigenvalue weighted by Crippen LogP contribution is 2.41. The van der Waals surface area contributed by atoms with Crippen LogP contribution in [0.3, 0.4) is 0 Å². The first-order valence-corrected chi connectivity index (χ1v) is 4.91. The Bertz CT molecular complexity index is 219. The van der Waals surface area contributed by atoms with E-state index in [1.54, 1.807) is 0 Å². The molecule has 1 aliphatic carbocycles. The third kappa shape index (κ3) is 2.10. The van der Waals surface area contributed by atoms with Crippen molar-refractivity contribution in [2.45, 2.75) is 32.2 Å². The van der Waals surface area contributed by atoms with Crippen LogP contribution in [0, 0.1) is 23.2 Å². The minimum absolute atomic E-state index is 0.247. The summed E-state index contributed by atoms with van der Waals surface area (Å²) in [7, 11) is 0. The van der Waals surface area contributed by atoms with Crippen LogP contribution in [0.4, 0.5) is 0 Å². The lowest BCUT2D eigenvalue weighted by molar-refractivity contribution is 0.119. The lowest BCUT2D eigenvalue weighted by Crippen LogP contribution is -2.55. The van der Waals surface area contributed by atoms with Gasteiger partial charge in [0.2, 0.25) is 0 Å². The summed E-state index contributed by atoms with van der Waals surface area (Å²) >= 11 is 0. The van der Waals surface area contributed by atoms with Crippen LogP contribution in [0.25, 0.3) is 0 Å². The van der Waals surface area contributed by atoms with Gasteiger partial charge in [-0.25, -0.2) is 0 Å². The van der Waals surface area contributed by atoms with E-state index >= 15 is 0 Å². The maximum absolute atomic E-state index is 9.02. The van der Waals surface area contributed by atoms with Crippen molar-refractivity contribution < 1.29 is 0 Å². The second-order valence-electron chi connectivity index (χ2n) is 4.28. The van der Waals surface area contributed by atoms with Crippen molar-refractivity contribution in [2.24, 2.45) is 11.8 Å². The predicted octanol–water partition coefficient (Wildman–Crippen LogP) is 2.09. The van der Waals surface area contributed by atoms with Gasteiger partial charge in [0, 0.05) is 6.54 Å². The van der Waals surface area contributed by atoms with Gasteiger partial charge in [-0.05, 0) is 24.7 Å². The van der Waals surface area contributed by atoms with E-state index in [1.807, 2.05) is 6.08 Å². The van der Waals surface area contributed by atoms with Crippen LogP contribution in [-0.4, -0.2) is 12.1 Å². The Hall–Kier alpha value is -0.810. The maximum atomic E-state index is 9.02. The van der Waals surface area contributed by atoms with Gasteiger partial charge in [0.05, 0.1) is 6.07 Å². The number of hydrogen-bond donors (Lipinski definition) is 1. The Morgan fingerprint density at radius 3 is 2.69 bits per heavy atom. The van der Waals surface area contributed by atoms with Crippen molar-refractivity contribution >= 4 is 0 Å². The van der Waals surface area contributed by atoms with E-state index in [-0.39, 0.29) is 5.54 Å². The summed E-state index contributed by atoms with van der Waals surface area (Å²) in [4.78, 5) is 0. The molecule has 1 saturated carbocycles. The van der Waals surface area contributed by atoms with Gasteiger partial charge in [-0.3, -0.25) is 5.32 Å². The zero-order chi connectivity index (χ0) is 9.90. The summed E-state index contributed by atoms with van der Waals surface area (Å²) in [6, 6.07) is 2.38. The summed E-state index contributed by atoms with van der Waals surface area (Å²) < 4.78 is 0. The lowest BCUT2D eigenvalue weighted by Gasteiger charge is -2.45. The molecule has 1 aliphatic rings. The van der Waals surface area contributed by atoms with E-state index in [0.29, 0.717) is 5.92 Å². The molecule has 0 saturated heterocycles. The van der Waals surface area contributed by atoms with Crippen molar-refractivity contribution in [2.75, 3.05) is 6.54 Å². The van der Waals surface area contributed by atoms with E-state index in [9.17, 15) is 0 Å². The van der Waals surface area contributed by atoms with Crippen molar-refractivity contribution in [1.82, 2.24) is 5.32 Å². The zero-order valence-corrected chi connectivity index (χ0v) is 8.51. The molecule has 1 rings (SSSR count). The van der Waals surface area contributed by atoms with Gasteiger partial charge in [0.1, 0.15) is 5.54 Å². The first-order valence-electron chi connectivity index (χ1n) is 4.91. The molecule has 1 N–H and O–H groups in total. The third-order valence-corrected chi connectivity index (χ3v) is 2.96. The average Bonchev–Trinajstić information content (AvgIpc) is 2.03. The molecule has 2 heteroatoms. The van der Waals surface area contributed by atoms with Gasteiger partial charge in [0.25, 0.3) is 0 Å². The molecule has 0 radical (unpaired) electrons. The van der Waals surface area contributed by atoms with Gasteiger partial charge in [0.15, 0.2) is 0 Å². The van der Waals surface area contributed by atoms with Crippen molar-refractivity contribution in [1.29, 1.82) is 5.26 Å². The van der Waals surface area contributed by atoms with Crippen molar-refractivity contribution in [3.05, 3.63) is 12.7 Å². The van der Waals surface area contributed by atoms with E-state index < -0.39 is 0 Å². The molecule has 0 spiro atoms. The van der Waals surface area contributed by atoms with Crippen LogP contribution in [0.15, 0.2) is 12.7 Å². The maximum Gasteiger partial charge on any atom is 0.107 e. The van der Waals surface area contributed by atoms with Gasteiger partial charge in [-0.2, -0.15) is 5.26 Å². The fourth-order valence-electron chi connectivity index (χ4n) is 1.85. The third-order valence-electron chi connectivity index (χ3n) is 2.96. The molecule has 0 bridgehead atoms. The molecule has 0 unspecified atom stereocenters. The fourth-order valence-corrected chi connectivity index (χ4v) is 1.85. The Morgan fingerprint density at radius 1 is 1.69 bits per heavy atom. The Morgan fingerprint density at radius 2 is 2.31 bits per heavy atom. The van der Waals surface area contributed by atoms with E-state index in [1.165, 1.54) is 0 Å². The normalized spacial score (nSPS) is 32.3. The highest BCUT2D eigenvalue weighted by atomic mass is 15.0. The number of rotatable bonds is 4. The second-order valence-corrected chi connectivity index (χ2v) is 4.28. The summed E-state index contributed by atoms with van der Waals surface area (Å²) in [5.74, 6) is 1.42. The van der Waals surface area contributed by atoms with E-state index in [4.69, 9.17) is 5.26 Å². The quantitative estimate of drug-likeness (QED) is 0.669. The Labute approximate surface area is 80.6 Å². The van der Waals surface area contributed by atoms with Crippen molar-refractivity contribution in [3.8, 4) is 6.07 Å². The number of nitrogens with zero attached hydrogens (tertiary/aromatic N) is 1. The smallest absolute Gasteiger partial charge is 0.107 e. The van der Waals surface area contributed by atoms with Crippen LogP contribution >= 0.6 is 0 Å². The topological polar surface area (TPSA) is 35.8 Å². The summed E-state index contributed by atoms with van der Waals surface area (Å²) in [5, 5.41) is 12.3. The monoisotopic (exact) mass is 178 g/mol. The molecule has 0 aromatic carbocycles. The minimum Gasteiger partial charge on any atom is -0.296 e. The van der Waals surface area contributed by atoms with Crippen LogP contribution in [0.2, 0.25) is 0 Å². The molecule has 0 heterocycles.